The van der Waals surface area contributed by atoms with Crippen LogP contribution in [0.3, 0.4) is 0 Å². The molecular formula is C53H95O10P. The van der Waals surface area contributed by atoms with Crippen LogP contribution in [0.4, 0.5) is 0 Å². The van der Waals surface area contributed by atoms with Gasteiger partial charge in [-0.1, -0.05) is 216 Å². The number of phosphoric acid groups is 1. The van der Waals surface area contributed by atoms with Gasteiger partial charge in [0.2, 0.25) is 0 Å². The van der Waals surface area contributed by atoms with Gasteiger partial charge in [-0.05, 0) is 57.8 Å². The van der Waals surface area contributed by atoms with Crippen molar-refractivity contribution >= 4 is 19.8 Å². The van der Waals surface area contributed by atoms with Crippen molar-refractivity contribution in [2.24, 2.45) is 0 Å². The van der Waals surface area contributed by atoms with Gasteiger partial charge in [0.05, 0.1) is 19.8 Å². The van der Waals surface area contributed by atoms with Gasteiger partial charge in [-0.2, -0.15) is 0 Å². The van der Waals surface area contributed by atoms with E-state index in [1.807, 2.05) is 0 Å². The third kappa shape index (κ3) is 47.6. The van der Waals surface area contributed by atoms with Crippen LogP contribution in [0.1, 0.15) is 226 Å². The second kappa shape index (κ2) is 48.6. The molecule has 0 aromatic rings. The van der Waals surface area contributed by atoms with Gasteiger partial charge in [-0.25, -0.2) is 4.57 Å². The topological polar surface area (TPSA) is 149 Å². The number of aliphatic hydroxyl groups excluding tert-OH is 2. The summed E-state index contributed by atoms with van der Waals surface area (Å²) in [5, 5.41) is 18.4. The van der Waals surface area contributed by atoms with Crippen molar-refractivity contribution in [3.63, 3.8) is 0 Å². The molecule has 0 saturated carbocycles. The third-order valence-electron chi connectivity index (χ3n) is 10.9. The van der Waals surface area contributed by atoms with Crippen LogP contribution in [0.5, 0.6) is 0 Å². The first-order chi connectivity index (χ1) is 31.2. The molecule has 0 rings (SSSR count). The lowest BCUT2D eigenvalue weighted by Crippen LogP contribution is -2.29. The Labute approximate surface area is 391 Å². The summed E-state index contributed by atoms with van der Waals surface area (Å²) in [6, 6.07) is 0. The molecule has 0 aliphatic heterocycles. The number of phosphoric ester groups is 1. The van der Waals surface area contributed by atoms with Gasteiger partial charge in [-0.3, -0.25) is 18.6 Å². The maximum absolute atomic E-state index is 12.7. The van der Waals surface area contributed by atoms with E-state index in [9.17, 15) is 24.2 Å². The predicted octanol–water partition coefficient (Wildman–Crippen LogP) is 14.6. The molecule has 1 unspecified atom stereocenters. The Bertz CT molecular complexity index is 1250. The average Bonchev–Trinajstić information content (AvgIpc) is 3.28. The van der Waals surface area contributed by atoms with Gasteiger partial charge in [0, 0.05) is 12.8 Å². The number of allylic oxidation sites excluding steroid dienone is 10. The molecule has 10 nitrogen and oxygen atoms in total. The summed E-state index contributed by atoms with van der Waals surface area (Å²) in [5.41, 5.74) is 0. The summed E-state index contributed by atoms with van der Waals surface area (Å²) in [7, 11) is -4.63. The van der Waals surface area contributed by atoms with Crippen molar-refractivity contribution in [3.8, 4) is 0 Å². The van der Waals surface area contributed by atoms with Crippen LogP contribution in [0.15, 0.2) is 60.8 Å². The molecular weight excluding hydrogens is 828 g/mol. The van der Waals surface area contributed by atoms with E-state index in [1.54, 1.807) is 0 Å². The minimum Gasteiger partial charge on any atom is -0.462 e. The molecule has 0 amide bonds. The Hall–Kier alpha value is -2.33. The quantitative estimate of drug-likeness (QED) is 0.0233. The average molecular weight is 923 g/mol. The van der Waals surface area contributed by atoms with E-state index in [1.165, 1.54) is 116 Å². The first-order valence-electron chi connectivity index (χ1n) is 25.7. The molecule has 0 bridgehead atoms. The molecule has 0 spiro atoms. The number of ether oxygens (including phenoxy) is 2. The van der Waals surface area contributed by atoms with Crippen molar-refractivity contribution in [1.82, 2.24) is 0 Å². The van der Waals surface area contributed by atoms with Gasteiger partial charge >= 0.3 is 19.8 Å². The number of aliphatic hydroxyl groups is 2. The fourth-order valence-electron chi connectivity index (χ4n) is 7.02. The maximum atomic E-state index is 12.7. The Kier molecular flexibility index (Phi) is 46.8. The van der Waals surface area contributed by atoms with Crippen molar-refractivity contribution in [3.05, 3.63) is 60.8 Å². The van der Waals surface area contributed by atoms with Crippen LogP contribution in [0.25, 0.3) is 0 Å². The Morgan fingerprint density at radius 1 is 0.484 bits per heavy atom. The number of carbonyl (C=O) groups excluding carboxylic acids is 2. The fourth-order valence-corrected chi connectivity index (χ4v) is 7.81. The molecule has 0 fully saturated rings. The van der Waals surface area contributed by atoms with Crippen LogP contribution >= 0.6 is 7.82 Å². The number of rotatable bonds is 48. The molecule has 0 aliphatic rings. The first-order valence-corrected chi connectivity index (χ1v) is 27.2. The lowest BCUT2D eigenvalue weighted by atomic mass is 10.0. The van der Waals surface area contributed by atoms with Gasteiger partial charge < -0.3 is 24.6 Å². The van der Waals surface area contributed by atoms with E-state index in [0.717, 1.165) is 70.6 Å². The van der Waals surface area contributed by atoms with Crippen LogP contribution in [-0.2, 0) is 32.7 Å². The summed E-state index contributed by atoms with van der Waals surface area (Å²) in [6.45, 7) is 2.26. The monoisotopic (exact) mass is 923 g/mol. The van der Waals surface area contributed by atoms with Crippen molar-refractivity contribution in [1.29, 1.82) is 0 Å². The van der Waals surface area contributed by atoms with Crippen LogP contribution in [-0.4, -0.2) is 65.7 Å². The molecule has 3 atom stereocenters. The molecule has 0 heterocycles. The standard InChI is InChI=1S/C53H95O10P/c1-3-5-7-9-11-13-15-17-19-21-23-24-25-27-29-31-33-35-37-39-41-43-45-53(57)63-51(49-62-64(58,59)61-47-50(55)46-54)48-60-52(56)44-42-40-38-36-34-32-30-28-26-22-20-18-16-14-12-10-8-6-4-2/h6,8,12,14,18,20,26,28,32,34,50-51,54-55H,3-5,7,9-11,13,15-17,19,21-25,27,29-31,33,35-49H2,1-2H3,(H,58,59)/b8-6+,14-12+,20-18+,28-26+,34-32+/t50-,51+/m0/s1. The summed E-state index contributed by atoms with van der Waals surface area (Å²) in [5.74, 6) is -0.956. The second-order valence-electron chi connectivity index (χ2n) is 17.2. The highest BCUT2D eigenvalue weighted by molar-refractivity contribution is 7.47. The molecule has 0 aromatic carbocycles. The lowest BCUT2D eigenvalue weighted by Gasteiger charge is -2.20. The molecule has 0 aliphatic carbocycles. The summed E-state index contributed by atoms with van der Waals surface area (Å²) < 4.78 is 32.8. The summed E-state index contributed by atoms with van der Waals surface area (Å²) >= 11 is 0. The van der Waals surface area contributed by atoms with Gasteiger partial charge in [0.25, 0.3) is 0 Å². The zero-order valence-electron chi connectivity index (χ0n) is 40.7. The minimum absolute atomic E-state index is 0.178. The molecule has 0 radical (unpaired) electrons. The van der Waals surface area contributed by atoms with Gasteiger partial charge in [0.1, 0.15) is 12.7 Å². The molecule has 64 heavy (non-hydrogen) atoms. The largest absolute Gasteiger partial charge is 0.472 e. The normalized spacial score (nSPS) is 14.1. The van der Waals surface area contributed by atoms with E-state index >= 15 is 0 Å². The van der Waals surface area contributed by atoms with E-state index < -0.39 is 51.8 Å². The lowest BCUT2D eigenvalue weighted by molar-refractivity contribution is -0.161. The summed E-state index contributed by atoms with van der Waals surface area (Å²) in [6.07, 6.45) is 56.2. The number of hydrogen-bond donors (Lipinski definition) is 3. The predicted molar refractivity (Wildman–Crippen MR) is 265 cm³/mol. The van der Waals surface area contributed by atoms with Gasteiger partial charge in [0.15, 0.2) is 6.10 Å². The fraction of sp³-hybridized carbons (Fsp3) is 0.774. The van der Waals surface area contributed by atoms with Crippen molar-refractivity contribution in [2.45, 2.75) is 238 Å². The summed E-state index contributed by atoms with van der Waals surface area (Å²) in [4.78, 5) is 35.2. The zero-order chi connectivity index (χ0) is 46.9. The van der Waals surface area contributed by atoms with Crippen molar-refractivity contribution < 1.29 is 47.8 Å². The second-order valence-corrected chi connectivity index (χ2v) is 18.6. The molecule has 11 heteroatoms. The van der Waals surface area contributed by atoms with Crippen molar-refractivity contribution in [2.75, 3.05) is 26.4 Å². The van der Waals surface area contributed by atoms with E-state index in [4.69, 9.17) is 23.6 Å². The zero-order valence-corrected chi connectivity index (χ0v) is 41.6. The van der Waals surface area contributed by atoms with E-state index in [2.05, 4.69) is 74.6 Å². The smallest absolute Gasteiger partial charge is 0.462 e. The maximum Gasteiger partial charge on any atom is 0.472 e. The molecule has 3 N–H and O–H groups in total. The number of unbranched alkanes of at least 4 members (excludes halogenated alkanes) is 24. The Morgan fingerprint density at radius 3 is 1.30 bits per heavy atom. The molecule has 372 valence electrons. The van der Waals surface area contributed by atoms with Crippen LogP contribution in [0.2, 0.25) is 0 Å². The van der Waals surface area contributed by atoms with Crippen LogP contribution in [0, 0.1) is 0 Å². The highest BCUT2D eigenvalue weighted by Gasteiger charge is 2.27. The van der Waals surface area contributed by atoms with E-state index in [0.29, 0.717) is 12.8 Å². The third-order valence-corrected chi connectivity index (χ3v) is 11.9. The highest BCUT2D eigenvalue weighted by atomic mass is 31.2. The van der Waals surface area contributed by atoms with E-state index in [-0.39, 0.29) is 19.4 Å². The minimum atomic E-state index is -4.63. The Balaban J connectivity index is 4.21. The van der Waals surface area contributed by atoms with Crippen LogP contribution < -0.4 is 0 Å². The van der Waals surface area contributed by atoms with Gasteiger partial charge in [-0.15, -0.1) is 0 Å². The molecule has 0 aromatic heterocycles. The number of carbonyl (C=O) groups is 2. The molecule has 0 saturated heterocycles. The first kappa shape index (κ1) is 61.7. The SMILES string of the molecule is CC/C=C/C/C=C/C/C=C/C/C=C/C/C=C/CCCCCC(=O)OC[C@H](COP(=O)(O)OC[C@@H](O)CO)OC(=O)CCCCCCCCCCCCCCCCCCCCCCCC. The number of esters is 2. The Morgan fingerprint density at radius 2 is 0.859 bits per heavy atom. The number of hydrogen-bond acceptors (Lipinski definition) is 9. The highest BCUT2D eigenvalue weighted by Crippen LogP contribution is 2.43.